The second kappa shape index (κ2) is 7.82. The van der Waals surface area contributed by atoms with Crippen LogP contribution in [0.25, 0.3) is 0 Å². The first-order chi connectivity index (χ1) is 10.5. The molecule has 0 bridgehead atoms. The molecule has 1 aliphatic rings. The molecule has 1 aliphatic carbocycles. The number of anilines is 1. The van der Waals surface area contributed by atoms with Gasteiger partial charge < -0.3 is 15.4 Å². The Bertz CT molecular complexity index is 522. The van der Waals surface area contributed by atoms with E-state index in [-0.39, 0.29) is 24.1 Å². The molecule has 22 heavy (non-hydrogen) atoms. The Kier molecular flexibility index (Phi) is 5.81. The van der Waals surface area contributed by atoms with E-state index in [2.05, 4.69) is 10.6 Å². The largest absolute Gasteiger partial charge is 0.459 e. The van der Waals surface area contributed by atoms with Crippen molar-refractivity contribution in [1.29, 1.82) is 0 Å². The van der Waals surface area contributed by atoms with Gasteiger partial charge in [0.1, 0.15) is 0 Å². The summed E-state index contributed by atoms with van der Waals surface area (Å²) in [7, 11) is 0. The maximum absolute atomic E-state index is 12.0. The average Bonchev–Trinajstić information content (AvgIpc) is 2.47. The summed E-state index contributed by atoms with van der Waals surface area (Å²) in [6.07, 6.45) is 5.49. The molecule has 0 saturated heterocycles. The lowest BCUT2D eigenvalue weighted by atomic mass is 9.96. The van der Waals surface area contributed by atoms with Gasteiger partial charge in [-0.3, -0.25) is 0 Å². The number of carbonyl (C=O) groups excluding carboxylic acids is 2. The van der Waals surface area contributed by atoms with Gasteiger partial charge in [-0.05, 0) is 44.9 Å². The molecule has 1 fully saturated rings. The van der Waals surface area contributed by atoms with Crippen molar-refractivity contribution < 1.29 is 14.3 Å². The number of ether oxygens (including phenoxy) is 1. The minimum absolute atomic E-state index is 0.168. The van der Waals surface area contributed by atoms with Gasteiger partial charge in [0.2, 0.25) is 0 Å². The molecular weight excluding hydrogens is 280 g/mol. The van der Waals surface area contributed by atoms with Crippen molar-refractivity contribution >= 4 is 17.7 Å². The Labute approximate surface area is 131 Å². The van der Waals surface area contributed by atoms with Gasteiger partial charge in [-0.25, -0.2) is 9.59 Å². The average molecular weight is 304 g/mol. The number of hydrogen-bond acceptors (Lipinski definition) is 3. The first-order valence-electron chi connectivity index (χ1n) is 7.93. The summed E-state index contributed by atoms with van der Waals surface area (Å²) in [5, 5.41) is 5.76. The maximum Gasteiger partial charge on any atom is 0.338 e. The summed E-state index contributed by atoms with van der Waals surface area (Å²) in [5.41, 5.74) is 1.02. The summed E-state index contributed by atoms with van der Waals surface area (Å²) < 4.78 is 5.15. The summed E-state index contributed by atoms with van der Waals surface area (Å²) in [4.78, 5) is 23.9. The van der Waals surface area contributed by atoms with Crippen LogP contribution in [0, 0.1) is 0 Å². The van der Waals surface area contributed by atoms with Crippen LogP contribution in [0.15, 0.2) is 24.3 Å². The van der Waals surface area contributed by atoms with Gasteiger partial charge in [0, 0.05) is 11.7 Å². The van der Waals surface area contributed by atoms with Crippen LogP contribution in [0.4, 0.5) is 10.5 Å². The SMILES string of the molecule is CC(C)OC(=O)c1cccc(NC(=O)NC2CCCCC2)c1. The van der Waals surface area contributed by atoms with Crippen molar-refractivity contribution in [3.63, 3.8) is 0 Å². The molecule has 1 saturated carbocycles. The summed E-state index contributed by atoms with van der Waals surface area (Å²) in [5.74, 6) is -0.383. The third kappa shape index (κ3) is 5.06. The molecule has 0 heterocycles. The molecule has 2 amide bonds. The topological polar surface area (TPSA) is 67.4 Å². The normalized spacial score (nSPS) is 15.4. The fourth-order valence-electron chi connectivity index (χ4n) is 2.61. The molecule has 0 aliphatic heterocycles. The number of rotatable bonds is 4. The first-order valence-corrected chi connectivity index (χ1v) is 7.93. The fraction of sp³-hybridized carbons (Fsp3) is 0.529. The van der Waals surface area contributed by atoms with Gasteiger partial charge in [0.25, 0.3) is 0 Å². The lowest BCUT2D eigenvalue weighted by Crippen LogP contribution is -2.39. The Balaban J connectivity index is 1.91. The van der Waals surface area contributed by atoms with Gasteiger partial charge in [0.05, 0.1) is 11.7 Å². The molecule has 1 aromatic carbocycles. The first kappa shape index (κ1) is 16.3. The minimum Gasteiger partial charge on any atom is -0.459 e. The third-order valence-corrected chi connectivity index (χ3v) is 3.64. The van der Waals surface area contributed by atoms with E-state index in [0.29, 0.717) is 11.3 Å². The van der Waals surface area contributed by atoms with E-state index < -0.39 is 0 Å². The zero-order valence-corrected chi connectivity index (χ0v) is 13.2. The molecule has 0 unspecified atom stereocenters. The standard InChI is InChI=1S/C17H24N2O3/c1-12(2)22-16(20)13-7-6-10-15(11-13)19-17(21)18-14-8-4-3-5-9-14/h6-7,10-12,14H,3-5,8-9H2,1-2H3,(H2,18,19,21). The van der Waals surface area contributed by atoms with E-state index >= 15 is 0 Å². The Morgan fingerprint density at radius 3 is 2.59 bits per heavy atom. The van der Waals surface area contributed by atoms with Crippen LogP contribution in [-0.2, 0) is 4.74 Å². The van der Waals surface area contributed by atoms with Gasteiger partial charge in [0.15, 0.2) is 0 Å². The van der Waals surface area contributed by atoms with Crippen molar-refractivity contribution in [2.45, 2.75) is 58.1 Å². The number of hydrogen-bond donors (Lipinski definition) is 2. The Morgan fingerprint density at radius 2 is 1.91 bits per heavy atom. The molecular formula is C17H24N2O3. The van der Waals surface area contributed by atoms with Gasteiger partial charge in [-0.2, -0.15) is 0 Å². The second-order valence-electron chi connectivity index (χ2n) is 5.97. The van der Waals surface area contributed by atoms with Crippen LogP contribution in [0.2, 0.25) is 0 Å². The van der Waals surface area contributed by atoms with E-state index in [1.807, 2.05) is 0 Å². The predicted molar refractivity (Wildman–Crippen MR) is 86.0 cm³/mol. The van der Waals surface area contributed by atoms with Crippen molar-refractivity contribution in [3.8, 4) is 0 Å². The number of nitrogens with one attached hydrogen (secondary N) is 2. The Hall–Kier alpha value is -2.04. The molecule has 0 spiro atoms. The Morgan fingerprint density at radius 1 is 1.18 bits per heavy atom. The van der Waals surface area contributed by atoms with Gasteiger partial charge in [-0.1, -0.05) is 25.3 Å². The van der Waals surface area contributed by atoms with Crippen LogP contribution in [0.5, 0.6) is 0 Å². The van der Waals surface area contributed by atoms with Crippen LogP contribution >= 0.6 is 0 Å². The highest BCUT2D eigenvalue weighted by atomic mass is 16.5. The van der Waals surface area contributed by atoms with Crippen LogP contribution in [-0.4, -0.2) is 24.1 Å². The fourth-order valence-corrected chi connectivity index (χ4v) is 2.61. The molecule has 0 atom stereocenters. The highest BCUT2D eigenvalue weighted by Gasteiger charge is 2.16. The molecule has 120 valence electrons. The quantitative estimate of drug-likeness (QED) is 0.833. The number of carbonyl (C=O) groups is 2. The van der Waals surface area contributed by atoms with Crippen molar-refractivity contribution in [2.75, 3.05) is 5.32 Å². The molecule has 5 nitrogen and oxygen atoms in total. The number of urea groups is 1. The lowest BCUT2D eigenvalue weighted by molar-refractivity contribution is 0.0378. The number of esters is 1. The van der Waals surface area contributed by atoms with Crippen LogP contribution in [0.3, 0.4) is 0 Å². The highest BCUT2D eigenvalue weighted by Crippen LogP contribution is 2.18. The van der Waals surface area contributed by atoms with E-state index in [0.717, 1.165) is 12.8 Å². The highest BCUT2D eigenvalue weighted by molar-refractivity contribution is 5.94. The molecule has 1 aromatic rings. The molecule has 2 N–H and O–H groups in total. The third-order valence-electron chi connectivity index (χ3n) is 3.64. The van der Waals surface area contributed by atoms with Crippen LogP contribution in [0.1, 0.15) is 56.3 Å². The number of amides is 2. The van der Waals surface area contributed by atoms with Gasteiger partial charge in [-0.15, -0.1) is 0 Å². The minimum atomic E-state index is -0.383. The predicted octanol–water partition coefficient (Wildman–Crippen LogP) is 3.71. The van der Waals surface area contributed by atoms with E-state index in [9.17, 15) is 9.59 Å². The van der Waals surface area contributed by atoms with Crippen LogP contribution < -0.4 is 10.6 Å². The molecule has 0 aromatic heterocycles. The number of benzene rings is 1. The van der Waals surface area contributed by atoms with E-state index in [1.165, 1.54) is 19.3 Å². The van der Waals surface area contributed by atoms with E-state index in [1.54, 1.807) is 38.1 Å². The summed E-state index contributed by atoms with van der Waals surface area (Å²) in [6.45, 7) is 3.61. The second-order valence-corrected chi connectivity index (χ2v) is 5.97. The molecule has 5 heteroatoms. The van der Waals surface area contributed by atoms with Crippen molar-refractivity contribution in [3.05, 3.63) is 29.8 Å². The summed E-state index contributed by atoms with van der Waals surface area (Å²) >= 11 is 0. The van der Waals surface area contributed by atoms with Gasteiger partial charge >= 0.3 is 12.0 Å². The zero-order chi connectivity index (χ0) is 15.9. The summed E-state index contributed by atoms with van der Waals surface area (Å²) in [6, 6.07) is 6.82. The maximum atomic E-state index is 12.0. The smallest absolute Gasteiger partial charge is 0.338 e. The zero-order valence-electron chi connectivity index (χ0n) is 13.2. The van der Waals surface area contributed by atoms with Crippen molar-refractivity contribution in [2.24, 2.45) is 0 Å². The monoisotopic (exact) mass is 304 g/mol. The van der Waals surface area contributed by atoms with E-state index in [4.69, 9.17) is 4.74 Å². The lowest BCUT2D eigenvalue weighted by Gasteiger charge is -2.22. The molecule has 2 rings (SSSR count). The van der Waals surface area contributed by atoms with Crippen molar-refractivity contribution in [1.82, 2.24) is 5.32 Å². The molecule has 0 radical (unpaired) electrons.